The SMILES string of the molecule is CCCCCCCNCC1(SC)CCC1. The maximum absolute atomic E-state index is 3.64. The summed E-state index contributed by atoms with van der Waals surface area (Å²) in [4.78, 5) is 0. The molecule has 0 aliphatic heterocycles. The number of hydrogen-bond donors (Lipinski definition) is 1. The Bertz CT molecular complexity index is 149. The molecule has 1 aliphatic carbocycles. The van der Waals surface area contributed by atoms with E-state index in [4.69, 9.17) is 0 Å². The minimum atomic E-state index is 0.615. The molecule has 1 fully saturated rings. The van der Waals surface area contributed by atoms with E-state index in [0.717, 1.165) is 0 Å². The summed E-state index contributed by atoms with van der Waals surface area (Å²) in [6, 6.07) is 0. The van der Waals surface area contributed by atoms with Crippen LogP contribution in [-0.2, 0) is 0 Å². The van der Waals surface area contributed by atoms with E-state index in [1.165, 1.54) is 64.5 Å². The topological polar surface area (TPSA) is 12.0 Å². The molecule has 90 valence electrons. The summed E-state index contributed by atoms with van der Waals surface area (Å²) < 4.78 is 0.615. The van der Waals surface area contributed by atoms with Crippen LogP contribution >= 0.6 is 11.8 Å². The average molecular weight is 229 g/mol. The minimum absolute atomic E-state index is 0.615. The highest BCUT2D eigenvalue weighted by atomic mass is 32.2. The average Bonchev–Trinajstić information content (AvgIpc) is 2.20. The van der Waals surface area contributed by atoms with Gasteiger partial charge in [0.25, 0.3) is 0 Å². The first-order chi connectivity index (χ1) is 7.33. The molecule has 1 aliphatic rings. The number of unbranched alkanes of at least 4 members (excludes halogenated alkanes) is 4. The van der Waals surface area contributed by atoms with Gasteiger partial charge in [-0.15, -0.1) is 0 Å². The van der Waals surface area contributed by atoms with Crippen LogP contribution in [0.4, 0.5) is 0 Å². The fourth-order valence-electron chi connectivity index (χ4n) is 2.19. The molecule has 15 heavy (non-hydrogen) atoms. The summed E-state index contributed by atoms with van der Waals surface area (Å²) in [5.41, 5.74) is 0. The molecule has 0 radical (unpaired) electrons. The van der Waals surface area contributed by atoms with Crippen LogP contribution in [0.5, 0.6) is 0 Å². The van der Waals surface area contributed by atoms with E-state index < -0.39 is 0 Å². The normalized spacial score (nSPS) is 18.8. The van der Waals surface area contributed by atoms with Crippen molar-refractivity contribution in [3.8, 4) is 0 Å². The number of nitrogens with one attached hydrogen (secondary N) is 1. The molecule has 1 saturated carbocycles. The quantitative estimate of drug-likeness (QED) is 0.603. The standard InChI is InChI=1S/C13H27NS/c1-3-4-5-6-7-11-14-12-13(15-2)9-8-10-13/h14H,3-12H2,1-2H3. The molecule has 0 bridgehead atoms. The summed E-state index contributed by atoms with van der Waals surface area (Å²) in [5, 5.41) is 3.64. The van der Waals surface area contributed by atoms with Gasteiger partial charge in [0.05, 0.1) is 0 Å². The third-order valence-electron chi connectivity index (χ3n) is 3.60. The Morgan fingerprint density at radius 1 is 1.13 bits per heavy atom. The van der Waals surface area contributed by atoms with Gasteiger partial charge in [-0.25, -0.2) is 0 Å². The lowest BCUT2D eigenvalue weighted by atomic mass is 9.84. The van der Waals surface area contributed by atoms with Gasteiger partial charge in [0, 0.05) is 11.3 Å². The maximum Gasteiger partial charge on any atom is 0.0281 e. The second-order valence-electron chi connectivity index (χ2n) is 4.83. The van der Waals surface area contributed by atoms with Gasteiger partial charge in [0.1, 0.15) is 0 Å². The highest BCUT2D eigenvalue weighted by Crippen LogP contribution is 2.42. The first kappa shape index (κ1) is 13.4. The lowest BCUT2D eigenvalue weighted by molar-refractivity contribution is 0.345. The summed E-state index contributed by atoms with van der Waals surface area (Å²) in [7, 11) is 0. The predicted octanol–water partition coefficient (Wildman–Crippen LogP) is 3.83. The third kappa shape index (κ3) is 4.78. The van der Waals surface area contributed by atoms with Crippen LogP contribution in [0.1, 0.15) is 58.3 Å². The Morgan fingerprint density at radius 3 is 2.40 bits per heavy atom. The van der Waals surface area contributed by atoms with E-state index >= 15 is 0 Å². The molecule has 0 heterocycles. The van der Waals surface area contributed by atoms with Crippen molar-refractivity contribution in [1.82, 2.24) is 5.32 Å². The molecular formula is C13H27NS. The highest BCUT2D eigenvalue weighted by Gasteiger charge is 2.35. The summed E-state index contributed by atoms with van der Waals surface area (Å²) >= 11 is 2.07. The van der Waals surface area contributed by atoms with E-state index in [-0.39, 0.29) is 0 Å². The molecule has 0 spiro atoms. The molecule has 0 unspecified atom stereocenters. The van der Waals surface area contributed by atoms with Crippen molar-refractivity contribution in [1.29, 1.82) is 0 Å². The van der Waals surface area contributed by atoms with E-state index in [1.54, 1.807) is 0 Å². The van der Waals surface area contributed by atoms with Crippen molar-refractivity contribution in [2.45, 2.75) is 63.0 Å². The van der Waals surface area contributed by atoms with Gasteiger partial charge in [0.15, 0.2) is 0 Å². The molecule has 0 aromatic heterocycles. The van der Waals surface area contributed by atoms with E-state index in [0.29, 0.717) is 4.75 Å². The van der Waals surface area contributed by atoms with Gasteiger partial charge in [0.2, 0.25) is 0 Å². The molecule has 0 atom stereocenters. The molecule has 0 aromatic carbocycles. The fourth-order valence-corrected chi connectivity index (χ4v) is 3.14. The monoisotopic (exact) mass is 229 g/mol. The minimum Gasteiger partial charge on any atom is -0.315 e. The number of thioether (sulfide) groups is 1. The van der Waals surface area contributed by atoms with Gasteiger partial charge >= 0.3 is 0 Å². The van der Waals surface area contributed by atoms with Gasteiger partial charge < -0.3 is 5.32 Å². The lowest BCUT2D eigenvalue weighted by Crippen LogP contribution is -2.43. The molecule has 0 aromatic rings. The third-order valence-corrected chi connectivity index (χ3v) is 5.02. The Labute approximate surface area is 99.8 Å². The van der Waals surface area contributed by atoms with E-state index in [2.05, 4.69) is 30.3 Å². The van der Waals surface area contributed by atoms with Crippen LogP contribution < -0.4 is 5.32 Å². The zero-order valence-corrected chi connectivity index (χ0v) is 11.3. The van der Waals surface area contributed by atoms with Gasteiger partial charge in [-0.2, -0.15) is 11.8 Å². The van der Waals surface area contributed by atoms with E-state index in [1.807, 2.05) is 0 Å². The lowest BCUT2D eigenvalue weighted by Gasteiger charge is -2.40. The van der Waals surface area contributed by atoms with Gasteiger partial charge in [-0.3, -0.25) is 0 Å². The second-order valence-corrected chi connectivity index (χ2v) is 6.11. The van der Waals surface area contributed by atoms with Crippen LogP contribution in [0, 0.1) is 0 Å². The Kier molecular flexibility index (Phi) is 6.74. The summed E-state index contributed by atoms with van der Waals surface area (Å²) in [6.45, 7) is 4.74. The molecule has 0 saturated heterocycles. The largest absolute Gasteiger partial charge is 0.315 e. The Hall–Kier alpha value is 0.310. The molecular weight excluding hydrogens is 202 g/mol. The molecule has 1 N–H and O–H groups in total. The Morgan fingerprint density at radius 2 is 1.87 bits per heavy atom. The summed E-state index contributed by atoms with van der Waals surface area (Å²) in [6.07, 6.45) is 13.5. The van der Waals surface area contributed by atoms with Crippen LogP contribution in [0.3, 0.4) is 0 Å². The summed E-state index contributed by atoms with van der Waals surface area (Å²) in [5.74, 6) is 0. The van der Waals surface area contributed by atoms with Crippen molar-refractivity contribution in [3.05, 3.63) is 0 Å². The molecule has 2 heteroatoms. The van der Waals surface area contributed by atoms with Crippen molar-refractivity contribution in [2.75, 3.05) is 19.3 Å². The number of hydrogen-bond acceptors (Lipinski definition) is 2. The van der Waals surface area contributed by atoms with Crippen molar-refractivity contribution in [3.63, 3.8) is 0 Å². The van der Waals surface area contributed by atoms with Crippen LogP contribution in [-0.4, -0.2) is 24.1 Å². The molecule has 1 rings (SSSR count). The van der Waals surface area contributed by atoms with Gasteiger partial charge in [-0.05, 0) is 32.1 Å². The highest BCUT2D eigenvalue weighted by molar-refractivity contribution is 8.00. The van der Waals surface area contributed by atoms with Crippen LogP contribution in [0.15, 0.2) is 0 Å². The maximum atomic E-state index is 3.64. The Balaban J connectivity index is 1.88. The zero-order chi connectivity index (χ0) is 11.0. The molecule has 1 nitrogen and oxygen atoms in total. The zero-order valence-electron chi connectivity index (χ0n) is 10.5. The first-order valence-corrected chi connectivity index (χ1v) is 7.81. The van der Waals surface area contributed by atoms with Crippen LogP contribution in [0.2, 0.25) is 0 Å². The van der Waals surface area contributed by atoms with Crippen molar-refractivity contribution >= 4 is 11.8 Å². The second kappa shape index (κ2) is 7.56. The van der Waals surface area contributed by atoms with Crippen LogP contribution in [0.25, 0.3) is 0 Å². The fraction of sp³-hybridized carbons (Fsp3) is 1.00. The first-order valence-electron chi connectivity index (χ1n) is 6.59. The molecule has 0 amide bonds. The van der Waals surface area contributed by atoms with Crippen molar-refractivity contribution < 1.29 is 0 Å². The van der Waals surface area contributed by atoms with Crippen molar-refractivity contribution in [2.24, 2.45) is 0 Å². The smallest absolute Gasteiger partial charge is 0.0281 e. The predicted molar refractivity (Wildman–Crippen MR) is 71.7 cm³/mol. The van der Waals surface area contributed by atoms with E-state index in [9.17, 15) is 0 Å². The number of rotatable bonds is 9. The van der Waals surface area contributed by atoms with Gasteiger partial charge in [-0.1, -0.05) is 39.0 Å².